The van der Waals surface area contributed by atoms with E-state index < -0.39 is 7.82 Å². The summed E-state index contributed by atoms with van der Waals surface area (Å²) in [5.74, 6) is 0.254. The Balaban J connectivity index is 2.04. The van der Waals surface area contributed by atoms with Crippen LogP contribution in [0.15, 0.2) is 68.0 Å². The van der Waals surface area contributed by atoms with Crippen molar-refractivity contribution in [1.29, 1.82) is 0 Å². The molecule has 0 heterocycles. The topological polar surface area (TPSA) is 44.8 Å². The van der Waals surface area contributed by atoms with E-state index in [0.29, 0.717) is 13.4 Å². The highest BCUT2D eigenvalue weighted by atomic mass is 79.9. The molecule has 3 rings (SSSR count). The SMILES string of the molecule is O=P(Oc1cccc(Br)c1Cl)(Oc1cccc(Br)c1Cl)Oc1cccc(Br)c1Cl. The first-order chi connectivity index (χ1) is 13.7. The summed E-state index contributed by atoms with van der Waals surface area (Å²) in [6, 6.07) is 14.7. The van der Waals surface area contributed by atoms with E-state index in [9.17, 15) is 4.57 Å². The van der Waals surface area contributed by atoms with Crippen LogP contribution in [0.25, 0.3) is 0 Å². The van der Waals surface area contributed by atoms with Gasteiger partial charge in [-0.2, -0.15) is 4.57 Å². The molecule has 0 aliphatic heterocycles. The number of hydrogen-bond acceptors (Lipinski definition) is 4. The second kappa shape index (κ2) is 9.82. The summed E-state index contributed by atoms with van der Waals surface area (Å²) in [5, 5.41) is 0.585. The number of hydrogen-bond donors (Lipinski definition) is 0. The van der Waals surface area contributed by atoms with E-state index in [0.717, 1.165) is 0 Å². The maximum Gasteiger partial charge on any atom is 0.647 e. The molecule has 3 aromatic carbocycles. The Kier molecular flexibility index (Phi) is 7.88. The Labute approximate surface area is 207 Å². The predicted molar refractivity (Wildman–Crippen MR) is 127 cm³/mol. The van der Waals surface area contributed by atoms with Gasteiger partial charge >= 0.3 is 7.82 Å². The van der Waals surface area contributed by atoms with Gasteiger partial charge in [0, 0.05) is 13.4 Å². The molecule has 4 nitrogen and oxygen atoms in total. The van der Waals surface area contributed by atoms with Crippen LogP contribution in [0.2, 0.25) is 15.1 Å². The molecule has 0 aromatic heterocycles. The molecule has 0 radical (unpaired) electrons. The van der Waals surface area contributed by atoms with Crippen molar-refractivity contribution in [1.82, 2.24) is 0 Å². The van der Waals surface area contributed by atoms with Crippen LogP contribution < -0.4 is 13.6 Å². The maximum atomic E-state index is 13.6. The van der Waals surface area contributed by atoms with Gasteiger partial charge in [0.25, 0.3) is 0 Å². The van der Waals surface area contributed by atoms with E-state index in [1.165, 1.54) is 18.2 Å². The highest BCUT2D eigenvalue weighted by Gasteiger charge is 2.36. The molecular weight excluding hydrogens is 657 g/mol. The monoisotopic (exact) mass is 662 g/mol. The van der Waals surface area contributed by atoms with Crippen LogP contribution in [-0.4, -0.2) is 0 Å². The molecule has 0 unspecified atom stereocenters. The Morgan fingerprint density at radius 1 is 0.586 bits per heavy atom. The molecule has 0 spiro atoms. The molecule has 0 bridgehead atoms. The molecule has 0 saturated heterocycles. The molecule has 0 saturated carbocycles. The number of phosphoric ester groups is 1. The maximum absolute atomic E-state index is 13.6. The van der Waals surface area contributed by atoms with E-state index in [2.05, 4.69) is 47.8 Å². The first-order valence-electron chi connectivity index (χ1n) is 7.71. The standard InChI is InChI=1S/C18H9Br3Cl3O4P/c19-10-4-1-7-13(16(10)22)26-29(25,27-14-8-2-5-11(20)17(14)23)28-15-9-3-6-12(21)18(15)24/h1-9H. The smallest absolute Gasteiger partial charge is 0.384 e. The zero-order chi connectivity index (χ0) is 21.2. The fraction of sp³-hybridized carbons (Fsp3) is 0. The third kappa shape index (κ3) is 5.65. The van der Waals surface area contributed by atoms with E-state index in [-0.39, 0.29) is 32.3 Å². The van der Waals surface area contributed by atoms with Crippen LogP contribution in [0.1, 0.15) is 0 Å². The van der Waals surface area contributed by atoms with Gasteiger partial charge in [0.05, 0.1) is 15.1 Å². The fourth-order valence-electron chi connectivity index (χ4n) is 2.08. The summed E-state index contributed by atoms with van der Waals surface area (Å²) < 4.78 is 32.1. The lowest BCUT2D eigenvalue weighted by Crippen LogP contribution is -2.08. The summed E-state index contributed by atoms with van der Waals surface area (Å²) in [5.41, 5.74) is 0. The van der Waals surface area contributed by atoms with Gasteiger partial charge < -0.3 is 13.6 Å². The number of rotatable bonds is 6. The van der Waals surface area contributed by atoms with Crippen LogP contribution >= 0.6 is 90.4 Å². The van der Waals surface area contributed by atoms with Gasteiger partial charge in [-0.15, -0.1) is 0 Å². The number of halogens is 6. The zero-order valence-corrected chi connectivity index (χ0v) is 22.0. The third-order valence-corrected chi connectivity index (χ3v) is 8.48. The highest BCUT2D eigenvalue weighted by Crippen LogP contribution is 2.54. The lowest BCUT2D eigenvalue weighted by molar-refractivity contribution is 0.298. The van der Waals surface area contributed by atoms with Crippen molar-refractivity contribution in [3.63, 3.8) is 0 Å². The summed E-state index contributed by atoms with van der Waals surface area (Å²) in [6.07, 6.45) is 0. The van der Waals surface area contributed by atoms with Crippen molar-refractivity contribution in [3.05, 3.63) is 83.1 Å². The molecule has 0 aliphatic rings. The predicted octanol–water partition coefficient (Wildman–Crippen LogP) is 9.58. The van der Waals surface area contributed by atoms with E-state index in [1.54, 1.807) is 36.4 Å². The van der Waals surface area contributed by atoms with Crippen LogP contribution in [0, 0.1) is 0 Å². The van der Waals surface area contributed by atoms with Gasteiger partial charge in [-0.25, -0.2) is 0 Å². The zero-order valence-electron chi connectivity index (χ0n) is 14.0. The van der Waals surface area contributed by atoms with E-state index >= 15 is 0 Å². The Morgan fingerprint density at radius 2 is 0.862 bits per heavy atom. The van der Waals surface area contributed by atoms with Gasteiger partial charge in [0.1, 0.15) is 0 Å². The van der Waals surface area contributed by atoms with Gasteiger partial charge in [-0.05, 0) is 84.2 Å². The Hall–Kier alpha value is -0.400. The van der Waals surface area contributed by atoms with Crippen LogP contribution in [0.4, 0.5) is 0 Å². The molecule has 0 aliphatic carbocycles. The third-order valence-electron chi connectivity index (χ3n) is 3.38. The van der Waals surface area contributed by atoms with Gasteiger partial charge in [0.15, 0.2) is 17.2 Å². The van der Waals surface area contributed by atoms with Crippen LogP contribution in [0.5, 0.6) is 17.2 Å². The first-order valence-corrected chi connectivity index (χ1v) is 12.7. The first kappa shape index (κ1) is 23.3. The minimum atomic E-state index is -4.34. The normalized spacial score (nSPS) is 11.2. The minimum Gasteiger partial charge on any atom is -0.384 e. The van der Waals surface area contributed by atoms with Crippen molar-refractivity contribution in [2.24, 2.45) is 0 Å². The molecule has 3 aromatic rings. The minimum absolute atomic E-state index is 0.0848. The number of phosphoric acid groups is 1. The summed E-state index contributed by atoms with van der Waals surface area (Å²) in [6.45, 7) is 0. The molecule has 0 atom stereocenters. The molecule has 0 N–H and O–H groups in total. The quantitative estimate of drug-likeness (QED) is 0.246. The average Bonchev–Trinajstić information content (AvgIpc) is 2.67. The lowest BCUT2D eigenvalue weighted by atomic mass is 10.3. The van der Waals surface area contributed by atoms with E-state index in [4.69, 9.17) is 48.4 Å². The largest absolute Gasteiger partial charge is 0.647 e. The highest BCUT2D eigenvalue weighted by molar-refractivity contribution is 9.11. The Bertz CT molecular complexity index is 977. The second-order valence-corrected chi connectivity index (χ2v) is 10.5. The lowest BCUT2D eigenvalue weighted by Gasteiger charge is -2.21. The summed E-state index contributed by atoms with van der Waals surface area (Å²) in [7, 11) is -4.34. The van der Waals surface area contributed by atoms with Crippen LogP contribution in [-0.2, 0) is 4.57 Å². The van der Waals surface area contributed by atoms with Crippen molar-refractivity contribution < 1.29 is 18.1 Å². The molecule has 29 heavy (non-hydrogen) atoms. The molecule has 11 heteroatoms. The van der Waals surface area contributed by atoms with Gasteiger partial charge in [0.2, 0.25) is 0 Å². The van der Waals surface area contributed by atoms with Gasteiger partial charge in [-0.1, -0.05) is 53.0 Å². The fourth-order valence-corrected chi connectivity index (χ4v) is 5.07. The number of benzene rings is 3. The van der Waals surface area contributed by atoms with Crippen LogP contribution in [0.3, 0.4) is 0 Å². The van der Waals surface area contributed by atoms with E-state index in [1.807, 2.05) is 0 Å². The van der Waals surface area contributed by atoms with Gasteiger partial charge in [-0.3, -0.25) is 0 Å². The molecule has 0 amide bonds. The van der Waals surface area contributed by atoms with Crippen molar-refractivity contribution in [3.8, 4) is 17.2 Å². The van der Waals surface area contributed by atoms with Crippen molar-refractivity contribution in [2.75, 3.05) is 0 Å². The average molecular weight is 666 g/mol. The Morgan fingerprint density at radius 3 is 1.14 bits per heavy atom. The molecule has 0 fully saturated rings. The summed E-state index contributed by atoms with van der Waals surface area (Å²) >= 11 is 28.6. The molecular formula is C18H9Br3Cl3O4P. The van der Waals surface area contributed by atoms with Crippen molar-refractivity contribution >= 4 is 90.4 Å². The summed E-state index contributed by atoms with van der Waals surface area (Å²) in [4.78, 5) is 0. The second-order valence-electron chi connectivity index (χ2n) is 5.38. The van der Waals surface area contributed by atoms with Crippen molar-refractivity contribution in [2.45, 2.75) is 0 Å². The molecule has 152 valence electrons.